The fourth-order valence-electron chi connectivity index (χ4n) is 3.16. The van der Waals surface area contributed by atoms with Gasteiger partial charge in [-0.1, -0.05) is 49.4 Å². The molecule has 0 unspecified atom stereocenters. The number of carbonyl (C=O) groups excluding carboxylic acids is 2. The molecule has 0 aliphatic heterocycles. The average molecular weight is 384 g/mol. The Balaban J connectivity index is 2.18. The Kier molecular flexibility index (Phi) is 8.18. The van der Waals surface area contributed by atoms with Gasteiger partial charge in [0.2, 0.25) is 11.8 Å². The number of amides is 2. The van der Waals surface area contributed by atoms with E-state index in [0.717, 1.165) is 11.1 Å². The summed E-state index contributed by atoms with van der Waals surface area (Å²) in [6.45, 7) is 6.16. The first-order valence-electron chi connectivity index (χ1n) is 9.79. The first kappa shape index (κ1) is 21.6. The molecule has 28 heavy (non-hydrogen) atoms. The van der Waals surface area contributed by atoms with Gasteiger partial charge in [-0.3, -0.25) is 9.59 Å². The van der Waals surface area contributed by atoms with Gasteiger partial charge in [0.25, 0.3) is 0 Å². The molecule has 1 atom stereocenters. The van der Waals surface area contributed by atoms with E-state index in [0.29, 0.717) is 19.4 Å². The molecule has 0 aliphatic carbocycles. The molecule has 0 aliphatic rings. The quantitative estimate of drug-likeness (QED) is 0.716. The Morgan fingerprint density at radius 3 is 2.21 bits per heavy atom. The summed E-state index contributed by atoms with van der Waals surface area (Å²) in [5.41, 5.74) is 1.84. The molecule has 1 N–H and O–H groups in total. The van der Waals surface area contributed by atoms with Crippen LogP contribution in [0.4, 0.5) is 4.39 Å². The highest BCUT2D eigenvalue weighted by Gasteiger charge is 2.28. The standard InChI is InChI=1S/C23H29FN2O2/c1-4-21(23(28)25-17(2)3)26(15-14-18-8-6-5-7-9-18)22(27)16-19-10-12-20(24)13-11-19/h5-13,17,21H,4,14-16H2,1-3H3,(H,25,28)/t21-/m0/s1. The normalized spacial score (nSPS) is 11.9. The Labute approximate surface area is 166 Å². The number of hydrogen-bond acceptors (Lipinski definition) is 2. The number of hydrogen-bond donors (Lipinski definition) is 1. The fraction of sp³-hybridized carbons (Fsp3) is 0.391. The van der Waals surface area contributed by atoms with Gasteiger partial charge in [-0.2, -0.15) is 0 Å². The second-order valence-electron chi connectivity index (χ2n) is 7.21. The zero-order valence-electron chi connectivity index (χ0n) is 16.8. The molecule has 5 heteroatoms. The van der Waals surface area contributed by atoms with Crippen LogP contribution < -0.4 is 5.32 Å². The van der Waals surface area contributed by atoms with Gasteiger partial charge in [0.05, 0.1) is 6.42 Å². The van der Waals surface area contributed by atoms with E-state index in [9.17, 15) is 14.0 Å². The molecule has 0 radical (unpaired) electrons. The number of halogens is 1. The molecule has 0 saturated heterocycles. The summed E-state index contributed by atoms with van der Waals surface area (Å²) in [6.07, 6.45) is 1.34. The lowest BCUT2D eigenvalue weighted by Gasteiger charge is -2.31. The van der Waals surface area contributed by atoms with Gasteiger partial charge >= 0.3 is 0 Å². The van der Waals surface area contributed by atoms with Gasteiger partial charge in [0, 0.05) is 12.6 Å². The average Bonchev–Trinajstić information content (AvgIpc) is 2.67. The highest BCUT2D eigenvalue weighted by molar-refractivity contribution is 5.88. The van der Waals surface area contributed by atoms with Gasteiger partial charge in [-0.05, 0) is 49.9 Å². The third kappa shape index (κ3) is 6.48. The monoisotopic (exact) mass is 384 g/mol. The van der Waals surface area contributed by atoms with Gasteiger partial charge in [0.1, 0.15) is 11.9 Å². The molecular formula is C23H29FN2O2. The molecule has 0 heterocycles. The predicted octanol–water partition coefficient (Wildman–Crippen LogP) is 3.74. The zero-order chi connectivity index (χ0) is 20.5. The van der Waals surface area contributed by atoms with Gasteiger partial charge in [-0.25, -0.2) is 4.39 Å². The van der Waals surface area contributed by atoms with E-state index in [4.69, 9.17) is 0 Å². The number of nitrogens with one attached hydrogen (secondary N) is 1. The molecule has 2 rings (SSSR count). The Morgan fingerprint density at radius 1 is 1.00 bits per heavy atom. The highest BCUT2D eigenvalue weighted by atomic mass is 19.1. The SMILES string of the molecule is CC[C@@H](C(=O)NC(C)C)N(CCc1ccccc1)C(=O)Cc1ccc(F)cc1. The molecule has 2 aromatic rings. The fourth-order valence-corrected chi connectivity index (χ4v) is 3.16. The maximum absolute atomic E-state index is 13.2. The molecule has 150 valence electrons. The van der Waals surface area contributed by atoms with Crippen LogP contribution in [0.25, 0.3) is 0 Å². The molecular weight excluding hydrogens is 355 g/mol. The van der Waals surface area contributed by atoms with E-state index in [2.05, 4.69) is 5.32 Å². The van der Waals surface area contributed by atoms with Crippen molar-refractivity contribution in [2.45, 2.75) is 52.1 Å². The van der Waals surface area contributed by atoms with Crippen molar-refractivity contribution < 1.29 is 14.0 Å². The summed E-state index contributed by atoms with van der Waals surface area (Å²) >= 11 is 0. The van der Waals surface area contributed by atoms with Crippen LogP contribution in [0, 0.1) is 5.82 Å². The molecule has 0 spiro atoms. The van der Waals surface area contributed by atoms with E-state index >= 15 is 0 Å². The maximum atomic E-state index is 13.2. The van der Waals surface area contributed by atoms with Crippen LogP contribution in [-0.4, -0.2) is 35.3 Å². The van der Waals surface area contributed by atoms with Crippen LogP contribution in [0.5, 0.6) is 0 Å². The van der Waals surface area contributed by atoms with E-state index < -0.39 is 6.04 Å². The van der Waals surface area contributed by atoms with Crippen molar-refractivity contribution in [2.75, 3.05) is 6.54 Å². The van der Waals surface area contributed by atoms with Crippen molar-refractivity contribution in [1.29, 1.82) is 0 Å². The van der Waals surface area contributed by atoms with Crippen molar-refractivity contribution >= 4 is 11.8 Å². The van der Waals surface area contributed by atoms with Crippen molar-refractivity contribution in [2.24, 2.45) is 0 Å². The summed E-state index contributed by atoms with van der Waals surface area (Å²) in [5, 5.41) is 2.92. The second kappa shape index (κ2) is 10.6. The molecule has 0 fully saturated rings. The van der Waals surface area contributed by atoms with E-state index in [1.807, 2.05) is 51.1 Å². The zero-order valence-corrected chi connectivity index (χ0v) is 16.8. The Morgan fingerprint density at radius 2 is 1.64 bits per heavy atom. The predicted molar refractivity (Wildman–Crippen MR) is 109 cm³/mol. The second-order valence-corrected chi connectivity index (χ2v) is 7.21. The first-order chi connectivity index (χ1) is 13.4. The number of benzene rings is 2. The minimum atomic E-state index is -0.529. The van der Waals surface area contributed by atoms with Crippen LogP contribution in [0.3, 0.4) is 0 Å². The van der Waals surface area contributed by atoms with Gasteiger partial charge in [-0.15, -0.1) is 0 Å². The molecule has 0 aromatic heterocycles. The highest BCUT2D eigenvalue weighted by Crippen LogP contribution is 2.13. The van der Waals surface area contributed by atoms with Crippen LogP contribution in [-0.2, 0) is 22.4 Å². The lowest BCUT2D eigenvalue weighted by atomic mass is 10.1. The largest absolute Gasteiger partial charge is 0.352 e. The first-order valence-corrected chi connectivity index (χ1v) is 9.79. The van der Waals surface area contributed by atoms with Crippen molar-refractivity contribution in [1.82, 2.24) is 10.2 Å². The van der Waals surface area contributed by atoms with Crippen LogP contribution in [0.2, 0.25) is 0 Å². The molecule has 0 bridgehead atoms. The maximum Gasteiger partial charge on any atom is 0.242 e. The van der Waals surface area contributed by atoms with Crippen molar-refractivity contribution in [3.8, 4) is 0 Å². The third-order valence-electron chi connectivity index (χ3n) is 4.57. The molecule has 0 saturated carbocycles. The Hall–Kier alpha value is -2.69. The smallest absolute Gasteiger partial charge is 0.242 e. The van der Waals surface area contributed by atoms with Gasteiger partial charge < -0.3 is 10.2 Å². The summed E-state index contributed by atoms with van der Waals surface area (Å²) < 4.78 is 13.2. The third-order valence-corrected chi connectivity index (χ3v) is 4.57. The summed E-state index contributed by atoms with van der Waals surface area (Å²) in [5.74, 6) is -0.605. The number of nitrogens with zero attached hydrogens (tertiary/aromatic N) is 1. The van der Waals surface area contributed by atoms with Gasteiger partial charge in [0.15, 0.2) is 0 Å². The summed E-state index contributed by atoms with van der Waals surface area (Å²) in [7, 11) is 0. The minimum absolute atomic E-state index is 0.00437. The van der Waals surface area contributed by atoms with Crippen LogP contribution in [0.1, 0.15) is 38.3 Å². The summed E-state index contributed by atoms with van der Waals surface area (Å²) in [6, 6.07) is 15.3. The molecule has 2 amide bonds. The lowest BCUT2D eigenvalue weighted by Crippen LogP contribution is -2.51. The van der Waals surface area contributed by atoms with Crippen molar-refractivity contribution in [3.05, 3.63) is 71.5 Å². The van der Waals surface area contributed by atoms with E-state index in [-0.39, 0.29) is 30.1 Å². The number of rotatable bonds is 9. The lowest BCUT2D eigenvalue weighted by molar-refractivity contribution is -0.140. The molecule has 4 nitrogen and oxygen atoms in total. The molecule has 2 aromatic carbocycles. The number of carbonyl (C=O) groups is 2. The van der Waals surface area contributed by atoms with E-state index in [1.165, 1.54) is 12.1 Å². The Bertz CT molecular complexity index is 760. The van der Waals surface area contributed by atoms with Crippen LogP contribution >= 0.6 is 0 Å². The summed E-state index contributed by atoms with van der Waals surface area (Å²) in [4.78, 5) is 27.4. The van der Waals surface area contributed by atoms with E-state index in [1.54, 1.807) is 17.0 Å². The topological polar surface area (TPSA) is 49.4 Å². The minimum Gasteiger partial charge on any atom is -0.352 e. The van der Waals surface area contributed by atoms with Crippen molar-refractivity contribution in [3.63, 3.8) is 0 Å². The van der Waals surface area contributed by atoms with Crippen LogP contribution in [0.15, 0.2) is 54.6 Å².